The molecule has 1 rings (SSSR count). The molecule has 1 atom stereocenters. The first-order chi connectivity index (χ1) is 9.52. The van der Waals surface area contributed by atoms with Crippen LogP contribution in [-0.4, -0.2) is 24.6 Å². The highest BCUT2D eigenvalue weighted by Crippen LogP contribution is 2.13. The van der Waals surface area contributed by atoms with Crippen LogP contribution in [0.3, 0.4) is 0 Å². The van der Waals surface area contributed by atoms with Crippen LogP contribution in [0.15, 0.2) is 24.3 Å². The third-order valence-electron chi connectivity index (χ3n) is 2.64. The summed E-state index contributed by atoms with van der Waals surface area (Å²) < 4.78 is 5.23. The van der Waals surface area contributed by atoms with Crippen LogP contribution in [0, 0.1) is 11.3 Å². The highest BCUT2D eigenvalue weighted by molar-refractivity contribution is 5.81. The van der Waals surface area contributed by atoms with E-state index in [0.717, 1.165) is 5.56 Å². The molecule has 0 bridgehead atoms. The minimum absolute atomic E-state index is 0.0168. The lowest BCUT2D eigenvalue weighted by Gasteiger charge is -2.16. The molecular formula is C15H21N3O2. The molecule has 0 saturated carbocycles. The van der Waals surface area contributed by atoms with Gasteiger partial charge in [-0.25, -0.2) is 0 Å². The summed E-state index contributed by atoms with van der Waals surface area (Å²) in [6.07, 6.45) is 0. The van der Waals surface area contributed by atoms with Crippen molar-refractivity contribution in [2.24, 2.45) is 0 Å². The number of hydrogen-bond acceptors (Lipinski definition) is 4. The molecule has 5 nitrogen and oxygen atoms in total. The van der Waals surface area contributed by atoms with Crippen LogP contribution in [0.1, 0.15) is 26.3 Å². The minimum Gasteiger partial charge on any atom is -0.479 e. The monoisotopic (exact) mass is 275 g/mol. The van der Waals surface area contributed by atoms with Crippen molar-refractivity contribution in [3.8, 4) is 11.8 Å². The maximum atomic E-state index is 11.7. The Bertz CT molecular complexity index is 480. The van der Waals surface area contributed by atoms with Gasteiger partial charge in [0.15, 0.2) is 6.61 Å². The van der Waals surface area contributed by atoms with Crippen LogP contribution in [0.5, 0.6) is 5.75 Å². The summed E-state index contributed by atoms with van der Waals surface area (Å²) in [4.78, 5) is 11.7. The maximum absolute atomic E-state index is 11.7. The van der Waals surface area contributed by atoms with E-state index < -0.39 is 0 Å². The number of carbonyl (C=O) groups excluding carboxylic acids is 1. The zero-order valence-corrected chi connectivity index (χ0v) is 12.1. The van der Waals surface area contributed by atoms with Gasteiger partial charge in [-0.2, -0.15) is 5.26 Å². The lowest BCUT2D eigenvalue weighted by molar-refractivity contribution is -0.123. The lowest BCUT2D eigenvalue weighted by atomic mass is 10.2. The summed E-state index contributed by atoms with van der Waals surface area (Å²) in [6.45, 7) is 6.29. The number of nitrogens with one attached hydrogen (secondary N) is 2. The zero-order valence-electron chi connectivity index (χ0n) is 12.1. The van der Waals surface area contributed by atoms with Gasteiger partial charge in [0.2, 0.25) is 5.91 Å². The van der Waals surface area contributed by atoms with E-state index in [0.29, 0.717) is 12.3 Å². The van der Waals surface area contributed by atoms with Crippen LogP contribution in [0.4, 0.5) is 0 Å². The number of rotatable bonds is 7. The van der Waals surface area contributed by atoms with E-state index in [1.807, 2.05) is 45.0 Å². The number of ether oxygens (including phenoxy) is 1. The Kier molecular flexibility index (Phi) is 6.54. The molecule has 0 spiro atoms. The number of hydrogen-bond donors (Lipinski definition) is 2. The van der Waals surface area contributed by atoms with E-state index >= 15 is 0 Å². The van der Waals surface area contributed by atoms with Crippen LogP contribution in [0.25, 0.3) is 0 Å². The second kappa shape index (κ2) is 8.18. The Balaban J connectivity index is 2.49. The highest BCUT2D eigenvalue weighted by Gasteiger charge is 2.12. The van der Waals surface area contributed by atoms with Crippen molar-refractivity contribution in [3.05, 3.63) is 29.8 Å². The quantitative estimate of drug-likeness (QED) is 0.792. The van der Waals surface area contributed by atoms with Crippen molar-refractivity contribution < 1.29 is 9.53 Å². The first-order valence-electron chi connectivity index (χ1n) is 6.65. The van der Waals surface area contributed by atoms with E-state index in [2.05, 4.69) is 10.6 Å². The molecule has 108 valence electrons. The molecule has 0 heterocycles. The minimum atomic E-state index is -0.263. The van der Waals surface area contributed by atoms with Gasteiger partial charge in [0.25, 0.3) is 0 Å². The molecule has 5 heteroatoms. The van der Waals surface area contributed by atoms with Crippen LogP contribution < -0.4 is 15.4 Å². The molecule has 0 aromatic heterocycles. The van der Waals surface area contributed by atoms with Crippen molar-refractivity contribution >= 4 is 5.91 Å². The SMILES string of the molecule is CC(C)NC(=O)C(C)NCc1cccc(OCC#N)c1. The Labute approximate surface area is 119 Å². The molecule has 1 aromatic carbocycles. The van der Waals surface area contributed by atoms with Gasteiger partial charge in [0.1, 0.15) is 11.8 Å². The molecular weight excluding hydrogens is 254 g/mol. The fourth-order valence-electron chi connectivity index (χ4n) is 1.63. The van der Waals surface area contributed by atoms with Crippen LogP contribution in [-0.2, 0) is 11.3 Å². The fraction of sp³-hybridized carbons (Fsp3) is 0.467. The molecule has 0 aliphatic carbocycles. The largest absolute Gasteiger partial charge is 0.479 e. The van der Waals surface area contributed by atoms with Crippen LogP contribution in [0.2, 0.25) is 0 Å². The number of amides is 1. The highest BCUT2D eigenvalue weighted by atomic mass is 16.5. The lowest BCUT2D eigenvalue weighted by Crippen LogP contribution is -2.44. The molecule has 0 fully saturated rings. The molecule has 1 aromatic rings. The number of nitriles is 1. The van der Waals surface area contributed by atoms with E-state index in [9.17, 15) is 4.79 Å². The second-order valence-corrected chi connectivity index (χ2v) is 4.86. The zero-order chi connectivity index (χ0) is 15.0. The third kappa shape index (κ3) is 5.72. The molecule has 0 aliphatic heterocycles. The van der Waals surface area contributed by atoms with Crippen molar-refractivity contribution in [2.45, 2.75) is 39.4 Å². The molecule has 20 heavy (non-hydrogen) atoms. The average molecular weight is 275 g/mol. The summed E-state index contributed by atoms with van der Waals surface area (Å²) >= 11 is 0. The van der Waals surface area contributed by atoms with Gasteiger partial charge in [0.05, 0.1) is 6.04 Å². The number of carbonyl (C=O) groups is 1. The van der Waals surface area contributed by atoms with Crippen molar-refractivity contribution in [1.29, 1.82) is 5.26 Å². The number of nitrogens with zero attached hydrogens (tertiary/aromatic N) is 1. The summed E-state index contributed by atoms with van der Waals surface area (Å²) in [7, 11) is 0. The third-order valence-corrected chi connectivity index (χ3v) is 2.64. The molecule has 0 saturated heterocycles. The Morgan fingerprint density at radius 1 is 1.40 bits per heavy atom. The fourth-order valence-corrected chi connectivity index (χ4v) is 1.63. The standard InChI is InChI=1S/C15H21N3O2/c1-11(2)18-15(19)12(3)17-10-13-5-4-6-14(9-13)20-8-7-16/h4-6,9,11-12,17H,8,10H2,1-3H3,(H,18,19). The van der Waals surface area contributed by atoms with Crippen molar-refractivity contribution in [2.75, 3.05) is 6.61 Å². The van der Waals surface area contributed by atoms with E-state index in [1.165, 1.54) is 0 Å². The first kappa shape index (κ1) is 16.0. The van der Waals surface area contributed by atoms with Gasteiger partial charge in [0, 0.05) is 12.6 Å². The van der Waals surface area contributed by atoms with Crippen molar-refractivity contribution in [3.63, 3.8) is 0 Å². The second-order valence-electron chi connectivity index (χ2n) is 4.86. The van der Waals surface area contributed by atoms with E-state index in [1.54, 1.807) is 6.07 Å². The molecule has 1 unspecified atom stereocenters. The van der Waals surface area contributed by atoms with Gasteiger partial charge in [-0.3, -0.25) is 4.79 Å². The smallest absolute Gasteiger partial charge is 0.237 e. The summed E-state index contributed by atoms with van der Waals surface area (Å²) in [5, 5.41) is 14.5. The molecule has 2 N–H and O–H groups in total. The average Bonchev–Trinajstić information content (AvgIpc) is 2.42. The van der Waals surface area contributed by atoms with Crippen LogP contribution >= 0.6 is 0 Å². The number of benzene rings is 1. The Morgan fingerprint density at radius 3 is 2.80 bits per heavy atom. The molecule has 0 aliphatic rings. The predicted octanol–water partition coefficient (Wildman–Crippen LogP) is 1.59. The molecule has 0 radical (unpaired) electrons. The summed E-state index contributed by atoms with van der Waals surface area (Å²) in [6, 6.07) is 9.27. The topological polar surface area (TPSA) is 74.2 Å². The Hall–Kier alpha value is -2.06. The van der Waals surface area contributed by atoms with E-state index in [4.69, 9.17) is 10.00 Å². The van der Waals surface area contributed by atoms with Gasteiger partial charge in [-0.05, 0) is 38.5 Å². The summed E-state index contributed by atoms with van der Waals surface area (Å²) in [5.41, 5.74) is 1.00. The van der Waals surface area contributed by atoms with E-state index in [-0.39, 0.29) is 24.6 Å². The first-order valence-corrected chi connectivity index (χ1v) is 6.65. The molecule has 1 amide bonds. The van der Waals surface area contributed by atoms with Gasteiger partial charge in [-0.15, -0.1) is 0 Å². The predicted molar refractivity (Wildman–Crippen MR) is 77.1 cm³/mol. The Morgan fingerprint density at radius 2 is 2.15 bits per heavy atom. The maximum Gasteiger partial charge on any atom is 0.237 e. The van der Waals surface area contributed by atoms with Crippen molar-refractivity contribution in [1.82, 2.24) is 10.6 Å². The van der Waals surface area contributed by atoms with Gasteiger partial charge < -0.3 is 15.4 Å². The summed E-state index contributed by atoms with van der Waals surface area (Å²) in [5.74, 6) is 0.641. The normalized spacial score (nSPS) is 11.8. The van der Waals surface area contributed by atoms with Gasteiger partial charge in [-0.1, -0.05) is 12.1 Å². The van der Waals surface area contributed by atoms with Gasteiger partial charge >= 0.3 is 0 Å².